The molecule has 0 saturated heterocycles. The highest BCUT2D eigenvalue weighted by atomic mass is 16.3. The third-order valence-electron chi connectivity index (χ3n) is 5.30. The lowest BCUT2D eigenvalue weighted by atomic mass is 9.92. The van der Waals surface area contributed by atoms with E-state index in [1.165, 1.54) is 0 Å². The Morgan fingerprint density at radius 1 is 0.655 bits per heavy atom. The van der Waals surface area contributed by atoms with Gasteiger partial charge in [0.25, 0.3) is 0 Å². The van der Waals surface area contributed by atoms with Crippen molar-refractivity contribution in [2.75, 3.05) is 0 Å². The van der Waals surface area contributed by atoms with Crippen LogP contribution in [0.15, 0.2) is 95.4 Å². The predicted molar refractivity (Wildman–Crippen MR) is 118 cm³/mol. The van der Waals surface area contributed by atoms with E-state index in [1.54, 1.807) is 0 Å². The Labute approximate surface area is 171 Å². The zero-order valence-electron chi connectivity index (χ0n) is 16.7. The van der Waals surface area contributed by atoms with Crippen molar-refractivity contribution in [3.8, 4) is 22.6 Å². The second kappa shape index (κ2) is 8.24. The third-order valence-corrected chi connectivity index (χ3v) is 5.30. The number of rotatable bonds is 5. The molecule has 0 aliphatic heterocycles. The minimum Gasteiger partial charge on any atom is -0.294 e. The molecule has 0 radical (unpaired) electrons. The van der Waals surface area contributed by atoms with E-state index in [4.69, 9.17) is 4.42 Å². The van der Waals surface area contributed by atoms with Crippen molar-refractivity contribution < 1.29 is 9.21 Å². The molecular weight excluding hydrogens is 356 g/mol. The fraction of sp³-hybridized carbons (Fsp3) is 0.111. The number of carbonyl (C=O) groups is 1. The normalized spacial score (nSPS) is 10.7. The predicted octanol–water partition coefficient (Wildman–Crippen LogP) is 6.94. The Morgan fingerprint density at radius 3 is 1.52 bits per heavy atom. The lowest BCUT2D eigenvalue weighted by Gasteiger charge is -2.10. The number of carbonyl (C=O) groups excluding carboxylic acids is 1. The second-order valence-corrected chi connectivity index (χ2v) is 7.19. The van der Waals surface area contributed by atoms with Crippen LogP contribution in [0.2, 0.25) is 0 Å². The molecule has 142 valence electrons. The average Bonchev–Trinajstić information content (AvgIpc) is 2.78. The van der Waals surface area contributed by atoms with E-state index in [1.807, 2.05) is 105 Å². The van der Waals surface area contributed by atoms with Crippen LogP contribution in [0.25, 0.3) is 22.6 Å². The highest BCUT2D eigenvalue weighted by Gasteiger charge is 2.29. The molecule has 29 heavy (non-hydrogen) atoms. The smallest absolute Gasteiger partial charge is 0.294 e. The number of benzene rings is 3. The molecule has 0 saturated carbocycles. The van der Waals surface area contributed by atoms with E-state index in [0.717, 1.165) is 44.9 Å². The van der Waals surface area contributed by atoms with Gasteiger partial charge < -0.3 is 0 Å². The molecule has 0 atom stereocenters. The molecule has 0 fully saturated rings. The number of Topliss-reactive ketones (excluding diaryl/α,β-unsaturated/α-hetero) is 1. The molecule has 4 rings (SSSR count). The Bertz CT molecular complexity index is 1070. The topological polar surface area (TPSA) is 28.4 Å². The minimum absolute atomic E-state index is 0.112. The second-order valence-electron chi connectivity index (χ2n) is 7.19. The Morgan fingerprint density at radius 2 is 1.07 bits per heavy atom. The summed E-state index contributed by atoms with van der Waals surface area (Å²) in [6, 6.07) is 29.6. The van der Waals surface area contributed by atoms with E-state index < -0.39 is 0 Å². The first-order valence-electron chi connectivity index (χ1n) is 9.80. The summed E-state index contributed by atoms with van der Waals surface area (Å²) in [6.07, 6.45) is 0.345. The van der Waals surface area contributed by atoms with Gasteiger partial charge in [0, 0.05) is 12.0 Å². The van der Waals surface area contributed by atoms with E-state index in [9.17, 15) is 4.79 Å². The molecule has 2 heteroatoms. The van der Waals surface area contributed by atoms with Crippen LogP contribution >= 0.6 is 0 Å². The molecule has 0 amide bonds. The van der Waals surface area contributed by atoms with Gasteiger partial charge in [-0.05, 0) is 43.7 Å². The fourth-order valence-corrected chi connectivity index (χ4v) is 3.69. The van der Waals surface area contributed by atoms with Gasteiger partial charge in [-0.2, -0.15) is 0 Å². The van der Waals surface area contributed by atoms with Crippen LogP contribution in [0.5, 0.6) is 0 Å². The molecule has 0 unspecified atom stereocenters. The summed E-state index contributed by atoms with van der Waals surface area (Å²) in [5.41, 5.74) is 5.80. The number of hydrogen-bond acceptors (Lipinski definition) is 1. The van der Waals surface area contributed by atoms with Gasteiger partial charge in [0.05, 0.1) is 22.3 Å². The average molecular weight is 379 g/mol. The standard InChI is InChI=1S/C27H23O2/c1-19-24(18-25(28)21-12-6-3-7-13-21)20(2)27(23-16-10-5-11-17-23)29-26(19)22-14-8-4-9-15-22/h3-17H,18H2,1-2H3/q+1. The fourth-order valence-electron chi connectivity index (χ4n) is 3.69. The summed E-state index contributed by atoms with van der Waals surface area (Å²) in [5.74, 6) is 1.73. The van der Waals surface area contributed by atoms with Gasteiger partial charge in [0.2, 0.25) is 0 Å². The molecule has 0 N–H and O–H groups in total. The van der Waals surface area contributed by atoms with Crippen molar-refractivity contribution in [3.63, 3.8) is 0 Å². The van der Waals surface area contributed by atoms with Crippen LogP contribution in [0.1, 0.15) is 27.0 Å². The SMILES string of the molecule is Cc1c(-c2ccccc2)[o+]c(-c2ccccc2)c(C)c1CC(=O)c1ccccc1. The van der Waals surface area contributed by atoms with Crippen molar-refractivity contribution in [1.29, 1.82) is 0 Å². The molecule has 1 aromatic heterocycles. The molecule has 0 bridgehead atoms. The van der Waals surface area contributed by atoms with Crippen molar-refractivity contribution in [1.82, 2.24) is 0 Å². The third kappa shape index (κ3) is 3.88. The van der Waals surface area contributed by atoms with Crippen LogP contribution in [0, 0.1) is 13.8 Å². The Kier molecular flexibility index (Phi) is 5.35. The van der Waals surface area contributed by atoms with E-state index >= 15 is 0 Å². The van der Waals surface area contributed by atoms with Gasteiger partial charge in [-0.25, -0.2) is 4.42 Å². The van der Waals surface area contributed by atoms with E-state index in [-0.39, 0.29) is 5.78 Å². The van der Waals surface area contributed by atoms with Gasteiger partial charge in [-0.15, -0.1) is 0 Å². The summed E-state index contributed by atoms with van der Waals surface area (Å²) < 4.78 is 6.43. The first-order chi connectivity index (χ1) is 14.1. The van der Waals surface area contributed by atoms with Crippen molar-refractivity contribution in [2.24, 2.45) is 0 Å². The van der Waals surface area contributed by atoms with E-state index in [2.05, 4.69) is 0 Å². The molecule has 0 aliphatic carbocycles. The van der Waals surface area contributed by atoms with Crippen LogP contribution in [-0.2, 0) is 6.42 Å². The van der Waals surface area contributed by atoms with Crippen LogP contribution < -0.4 is 0 Å². The zero-order valence-corrected chi connectivity index (χ0v) is 16.7. The van der Waals surface area contributed by atoms with Gasteiger partial charge in [0.15, 0.2) is 5.78 Å². The van der Waals surface area contributed by atoms with Gasteiger partial charge in [0.1, 0.15) is 0 Å². The Balaban J connectivity index is 1.88. The lowest BCUT2D eigenvalue weighted by Crippen LogP contribution is -2.08. The largest absolute Gasteiger partial charge is 0.363 e. The lowest BCUT2D eigenvalue weighted by molar-refractivity contribution is 0.0992. The zero-order chi connectivity index (χ0) is 20.2. The monoisotopic (exact) mass is 379 g/mol. The molecule has 1 heterocycles. The first-order valence-corrected chi connectivity index (χ1v) is 9.80. The minimum atomic E-state index is 0.112. The number of ketones is 1. The van der Waals surface area contributed by atoms with E-state index in [0.29, 0.717) is 6.42 Å². The van der Waals surface area contributed by atoms with Crippen LogP contribution in [0.4, 0.5) is 0 Å². The van der Waals surface area contributed by atoms with Crippen molar-refractivity contribution in [3.05, 3.63) is 113 Å². The van der Waals surface area contributed by atoms with Gasteiger partial charge in [-0.3, -0.25) is 4.79 Å². The quantitative estimate of drug-likeness (QED) is 0.278. The van der Waals surface area contributed by atoms with Crippen LogP contribution in [0.3, 0.4) is 0 Å². The summed E-state index contributed by atoms with van der Waals surface area (Å²) >= 11 is 0. The molecule has 0 aliphatic rings. The maximum absolute atomic E-state index is 13.0. The maximum atomic E-state index is 13.0. The van der Waals surface area contributed by atoms with Crippen molar-refractivity contribution >= 4 is 5.78 Å². The summed E-state index contributed by atoms with van der Waals surface area (Å²) in [5, 5.41) is 0. The highest BCUT2D eigenvalue weighted by Crippen LogP contribution is 2.36. The highest BCUT2D eigenvalue weighted by molar-refractivity contribution is 5.98. The summed E-state index contributed by atoms with van der Waals surface area (Å²) in [6.45, 7) is 4.09. The maximum Gasteiger partial charge on any atom is 0.363 e. The Hall–Kier alpha value is -3.52. The first kappa shape index (κ1) is 18.8. The van der Waals surface area contributed by atoms with Gasteiger partial charge >= 0.3 is 11.5 Å². The molecule has 3 aromatic carbocycles. The summed E-state index contributed by atoms with van der Waals surface area (Å²) in [4.78, 5) is 13.0. The molecule has 2 nitrogen and oxygen atoms in total. The molecule has 4 aromatic rings. The summed E-state index contributed by atoms with van der Waals surface area (Å²) in [7, 11) is 0. The van der Waals surface area contributed by atoms with Gasteiger partial charge in [-0.1, -0.05) is 66.7 Å². The number of hydrogen-bond donors (Lipinski definition) is 0. The van der Waals surface area contributed by atoms with Crippen LogP contribution in [-0.4, -0.2) is 5.78 Å². The molecular formula is C27H23O2+. The molecule has 0 spiro atoms. The van der Waals surface area contributed by atoms with Crippen molar-refractivity contribution in [2.45, 2.75) is 20.3 Å².